The zero-order chi connectivity index (χ0) is 9.40. The minimum atomic E-state index is -0.900. The van der Waals surface area contributed by atoms with Gasteiger partial charge >= 0.3 is 12.1 Å². The molecule has 1 amide bonds. The Hall–Kier alpha value is -1.52. The summed E-state index contributed by atoms with van der Waals surface area (Å²) < 4.78 is 4.55. The summed E-state index contributed by atoms with van der Waals surface area (Å²) in [7, 11) is 0. The lowest BCUT2D eigenvalue weighted by atomic mass is 10.3. The first-order valence-corrected chi connectivity index (χ1v) is 3.43. The maximum atomic E-state index is 10.5. The largest absolute Gasteiger partial charge is 0.481 e. The molecule has 68 valence electrons. The summed E-state index contributed by atoms with van der Waals surface area (Å²) in [6, 6.07) is 0. The van der Waals surface area contributed by atoms with Crippen LogP contribution in [0.25, 0.3) is 0 Å². The second-order valence-electron chi connectivity index (χ2n) is 1.98. The molecular formula is C7H11NO4. The van der Waals surface area contributed by atoms with Gasteiger partial charge in [-0.05, 0) is 12.6 Å². The van der Waals surface area contributed by atoms with E-state index >= 15 is 0 Å². The maximum Gasteiger partial charge on any atom is 0.411 e. The van der Waals surface area contributed by atoms with Crippen LogP contribution in [0.5, 0.6) is 0 Å². The molecule has 0 aliphatic rings. The molecule has 0 fully saturated rings. The van der Waals surface area contributed by atoms with Gasteiger partial charge in [0.15, 0.2) is 0 Å². The average molecular weight is 173 g/mol. The highest BCUT2D eigenvalue weighted by molar-refractivity contribution is 5.68. The van der Waals surface area contributed by atoms with Crippen LogP contribution in [0, 0.1) is 0 Å². The summed E-state index contributed by atoms with van der Waals surface area (Å²) in [5.41, 5.74) is 0. The predicted molar refractivity (Wildman–Crippen MR) is 41.6 cm³/mol. The number of aliphatic carboxylic acids is 1. The zero-order valence-electron chi connectivity index (χ0n) is 6.58. The van der Waals surface area contributed by atoms with Crippen molar-refractivity contribution >= 4 is 12.1 Å². The average Bonchev–Trinajstić information content (AvgIpc) is 1.98. The monoisotopic (exact) mass is 173 g/mol. The van der Waals surface area contributed by atoms with Gasteiger partial charge in [-0.2, -0.15) is 0 Å². The molecule has 0 unspecified atom stereocenters. The van der Waals surface area contributed by atoms with E-state index in [2.05, 4.69) is 16.6 Å². The van der Waals surface area contributed by atoms with Crippen molar-refractivity contribution in [3.63, 3.8) is 0 Å². The number of carboxylic acids is 1. The molecule has 5 nitrogen and oxygen atoms in total. The van der Waals surface area contributed by atoms with Crippen molar-refractivity contribution in [2.75, 3.05) is 6.61 Å². The fraction of sp³-hybridized carbons (Fsp3) is 0.429. The van der Waals surface area contributed by atoms with E-state index < -0.39 is 12.1 Å². The molecule has 0 aliphatic heterocycles. The molecule has 2 N–H and O–H groups in total. The van der Waals surface area contributed by atoms with E-state index in [4.69, 9.17) is 5.11 Å². The van der Waals surface area contributed by atoms with Gasteiger partial charge in [0.2, 0.25) is 0 Å². The lowest BCUT2D eigenvalue weighted by Gasteiger charge is -2.01. The minimum absolute atomic E-state index is 0.00136. The Labute approximate surface area is 70.0 Å². The summed E-state index contributed by atoms with van der Waals surface area (Å²) in [5, 5.41) is 10.4. The van der Waals surface area contributed by atoms with Crippen LogP contribution in [-0.2, 0) is 9.53 Å². The molecule has 0 aliphatic carbocycles. The fourth-order valence-electron chi connectivity index (χ4n) is 0.513. The van der Waals surface area contributed by atoms with Gasteiger partial charge in [0.1, 0.15) is 0 Å². The van der Waals surface area contributed by atoms with Crippen molar-refractivity contribution in [3.05, 3.63) is 12.8 Å². The van der Waals surface area contributed by atoms with Crippen LogP contribution in [0.3, 0.4) is 0 Å². The van der Waals surface area contributed by atoms with Gasteiger partial charge in [-0.3, -0.25) is 10.1 Å². The number of nitrogens with one attached hydrogen (secondary N) is 1. The van der Waals surface area contributed by atoms with Crippen molar-refractivity contribution in [1.29, 1.82) is 0 Å². The third-order valence-corrected chi connectivity index (χ3v) is 0.988. The highest BCUT2D eigenvalue weighted by Gasteiger charge is 1.99. The molecule has 0 saturated carbocycles. The van der Waals surface area contributed by atoms with Crippen molar-refractivity contribution in [3.8, 4) is 0 Å². The molecule has 0 heterocycles. The molecular weight excluding hydrogens is 162 g/mol. The van der Waals surface area contributed by atoms with Crippen LogP contribution in [0.4, 0.5) is 4.79 Å². The number of ether oxygens (including phenoxy) is 1. The second-order valence-corrected chi connectivity index (χ2v) is 1.98. The molecule has 0 saturated heterocycles. The normalized spacial score (nSPS) is 8.67. The number of rotatable bonds is 5. The van der Waals surface area contributed by atoms with Crippen LogP contribution < -0.4 is 5.32 Å². The van der Waals surface area contributed by atoms with E-state index in [1.807, 2.05) is 0 Å². The Morgan fingerprint density at radius 2 is 2.25 bits per heavy atom. The van der Waals surface area contributed by atoms with E-state index in [0.29, 0.717) is 6.42 Å². The van der Waals surface area contributed by atoms with E-state index in [1.54, 1.807) is 0 Å². The quantitative estimate of drug-likeness (QED) is 0.600. The van der Waals surface area contributed by atoms with Crippen LogP contribution >= 0.6 is 0 Å². The van der Waals surface area contributed by atoms with Crippen molar-refractivity contribution < 1.29 is 19.4 Å². The van der Waals surface area contributed by atoms with Crippen LogP contribution in [0.2, 0.25) is 0 Å². The number of carboxylic acid groups (broad SMARTS) is 1. The Morgan fingerprint density at radius 3 is 2.75 bits per heavy atom. The SMILES string of the molecule is C=CNC(=O)OCCCC(=O)O. The lowest BCUT2D eigenvalue weighted by Crippen LogP contribution is -2.18. The molecule has 0 aromatic carbocycles. The van der Waals surface area contributed by atoms with Gasteiger partial charge in [-0.1, -0.05) is 6.58 Å². The van der Waals surface area contributed by atoms with Crippen LogP contribution in [-0.4, -0.2) is 23.8 Å². The first-order chi connectivity index (χ1) is 5.66. The van der Waals surface area contributed by atoms with Crippen molar-refractivity contribution in [1.82, 2.24) is 5.32 Å². The summed E-state index contributed by atoms with van der Waals surface area (Å²) in [6.07, 6.45) is 0.899. The topological polar surface area (TPSA) is 75.6 Å². The second kappa shape index (κ2) is 6.21. The van der Waals surface area contributed by atoms with E-state index in [1.165, 1.54) is 6.20 Å². The number of carbonyl (C=O) groups excluding carboxylic acids is 1. The number of hydrogen-bond acceptors (Lipinski definition) is 3. The Kier molecular flexibility index (Phi) is 5.42. The molecule has 0 spiro atoms. The summed E-state index contributed by atoms with van der Waals surface area (Å²) in [5.74, 6) is -0.900. The summed E-state index contributed by atoms with van der Waals surface area (Å²) in [6.45, 7) is 3.35. The first-order valence-electron chi connectivity index (χ1n) is 3.43. The maximum absolute atomic E-state index is 10.5. The molecule has 5 heteroatoms. The Morgan fingerprint density at radius 1 is 1.58 bits per heavy atom. The minimum Gasteiger partial charge on any atom is -0.481 e. The molecule has 0 atom stereocenters. The van der Waals surface area contributed by atoms with Crippen LogP contribution in [0.1, 0.15) is 12.8 Å². The van der Waals surface area contributed by atoms with E-state index in [0.717, 1.165) is 0 Å². The number of amides is 1. The summed E-state index contributed by atoms with van der Waals surface area (Å²) in [4.78, 5) is 20.5. The lowest BCUT2D eigenvalue weighted by molar-refractivity contribution is -0.137. The Balaban J connectivity index is 3.25. The van der Waals surface area contributed by atoms with Crippen LogP contribution in [0.15, 0.2) is 12.8 Å². The highest BCUT2D eigenvalue weighted by Crippen LogP contribution is 1.89. The number of hydrogen-bond donors (Lipinski definition) is 2. The first kappa shape index (κ1) is 10.5. The molecule has 0 aromatic heterocycles. The zero-order valence-corrected chi connectivity index (χ0v) is 6.58. The summed E-state index contributed by atoms with van der Waals surface area (Å²) >= 11 is 0. The van der Waals surface area contributed by atoms with E-state index in [9.17, 15) is 9.59 Å². The van der Waals surface area contributed by atoms with Gasteiger partial charge < -0.3 is 9.84 Å². The molecule has 12 heavy (non-hydrogen) atoms. The van der Waals surface area contributed by atoms with Crippen molar-refractivity contribution in [2.24, 2.45) is 0 Å². The standard InChI is InChI=1S/C7H11NO4/c1-2-8-7(11)12-5-3-4-6(9)10/h2H,1,3-5H2,(H,8,11)(H,9,10). The third-order valence-electron chi connectivity index (χ3n) is 0.988. The Bertz CT molecular complexity index is 178. The molecule has 0 radical (unpaired) electrons. The number of carbonyl (C=O) groups is 2. The van der Waals surface area contributed by atoms with Gasteiger partial charge in [-0.25, -0.2) is 4.79 Å². The van der Waals surface area contributed by atoms with Gasteiger partial charge in [0, 0.05) is 6.42 Å². The fourth-order valence-corrected chi connectivity index (χ4v) is 0.513. The predicted octanol–water partition coefficient (Wildman–Crippen LogP) is 0.721. The molecule has 0 bridgehead atoms. The van der Waals surface area contributed by atoms with E-state index in [-0.39, 0.29) is 13.0 Å². The smallest absolute Gasteiger partial charge is 0.411 e. The number of alkyl carbamates (subject to hydrolysis) is 1. The van der Waals surface area contributed by atoms with Crippen molar-refractivity contribution in [2.45, 2.75) is 12.8 Å². The third kappa shape index (κ3) is 6.60. The highest BCUT2D eigenvalue weighted by atomic mass is 16.5. The van der Waals surface area contributed by atoms with Gasteiger partial charge in [0.25, 0.3) is 0 Å². The molecule has 0 aromatic rings. The van der Waals surface area contributed by atoms with Gasteiger partial charge in [-0.15, -0.1) is 0 Å². The molecule has 0 rings (SSSR count). The van der Waals surface area contributed by atoms with Gasteiger partial charge in [0.05, 0.1) is 6.61 Å².